The number of ether oxygens (including phenoxy) is 2. The maximum Gasteiger partial charge on any atom is 0.318 e. The maximum atomic E-state index is 12.6. The number of morpholine rings is 1. The van der Waals surface area contributed by atoms with E-state index in [2.05, 4.69) is 5.32 Å². The monoisotopic (exact) mass is 318 g/mol. The van der Waals surface area contributed by atoms with Crippen molar-refractivity contribution in [2.24, 2.45) is 5.92 Å². The van der Waals surface area contributed by atoms with Crippen LogP contribution in [0, 0.1) is 5.92 Å². The van der Waals surface area contributed by atoms with E-state index in [9.17, 15) is 4.79 Å². The van der Waals surface area contributed by atoms with Crippen molar-refractivity contribution < 1.29 is 14.3 Å². The summed E-state index contributed by atoms with van der Waals surface area (Å²) in [6.07, 6.45) is 3.20. The van der Waals surface area contributed by atoms with Gasteiger partial charge in [0.2, 0.25) is 0 Å². The minimum atomic E-state index is 0.0224. The van der Waals surface area contributed by atoms with E-state index in [0.29, 0.717) is 32.2 Å². The third-order valence-electron chi connectivity index (χ3n) is 4.72. The number of hydrogen-bond acceptors (Lipinski definition) is 3. The predicted molar refractivity (Wildman–Crippen MR) is 88.2 cm³/mol. The van der Waals surface area contributed by atoms with E-state index in [4.69, 9.17) is 9.47 Å². The van der Waals surface area contributed by atoms with E-state index in [1.54, 1.807) is 0 Å². The lowest BCUT2D eigenvalue weighted by atomic mass is 9.92. The number of carbonyl (C=O) groups excluding carboxylic acids is 1. The van der Waals surface area contributed by atoms with Crippen molar-refractivity contribution in [1.29, 1.82) is 0 Å². The van der Waals surface area contributed by atoms with Gasteiger partial charge in [-0.3, -0.25) is 0 Å². The van der Waals surface area contributed by atoms with Crippen LogP contribution >= 0.6 is 0 Å². The molecule has 1 unspecified atom stereocenters. The van der Waals surface area contributed by atoms with Crippen molar-refractivity contribution in [2.75, 3.05) is 33.0 Å². The summed E-state index contributed by atoms with van der Waals surface area (Å²) in [5, 5.41) is 3.04. The van der Waals surface area contributed by atoms with Crippen molar-refractivity contribution in [3.63, 3.8) is 0 Å². The predicted octanol–water partition coefficient (Wildman–Crippen LogP) is 2.41. The number of rotatable bonds is 4. The molecule has 2 aliphatic heterocycles. The van der Waals surface area contributed by atoms with E-state index >= 15 is 0 Å². The Morgan fingerprint density at radius 2 is 1.91 bits per heavy atom. The molecule has 2 amide bonds. The topological polar surface area (TPSA) is 50.8 Å². The quantitative estimate of drug-likeness (QED) is 0.927. The minimum absolute atomic E-state index is 0.0224. The molecule has 3 rings (SSSR count). The molecule has 0 spiro atoms. The third-order valence-corrected chi connectivity index (χ3v) is 4.72. The van der Waals surface area contributed by atoms with E-state index in [0.717, 1.165) is 38.0 Å². The normalized spacial score (nSPS) is 22.8. The molecule has 2 fully saturated rings. The SMILES string of the molecule is O=C(NCc1ccccc1)N1CCOCC1CC1CCOCC1. The molecule has 1 aromatic rings. The largest absolute Gasteiger partial charge is 0.381 e. The molecule has 1 atom stereocenters. The van der Waals surface area contributed by atoms with Crippen LogP contribution in [0.2, 0.25) is 0 Å². The second kappa shape index (κ2) is 8.31. The van der Waals surface area contributed by atoms with Crippen LogP contribution < -0.4 is 5.32 Å². The summed E-state index contributed by atoms with van der Waals surface area (Å²) in [7, 11) is 0. The van der Waals surface area contributed by atoms with Gasteiger partial charge >= 0.3 is 6.03 Å². The highest BCUT2D eigenvalue weighted by Gasteiger charge is 2.30. The number of hydrogen-bond donors (Lipinski definition) is 1. The van der Waals surface area contributed by atoms with Crippen LogP contribution in [0.5, 0.6) is 0 Å². The Bertz CT molecular complexity index is 488. The minimum Gasteiger partial charge on any atom is -0.381 e. The van der Waals surface area contributed by atoms with Crippen LogP contribution in [0.3, 0.4) is 0 Å². The van der Waals surface area contributed by atoms with Gasteiger partial charge in [-0.05, 0) is 30.7 Å². The summed E-state index contributed by atoms with van der Waals surface area (Å²) in [6.45, 7) is 4.21. The van der Waals surface area contributed by atoms with Crippen molar-refractivity contribution in [1.82, 2.24) is 10.2 Å². The Morgan fingerprint density at radius 3 is 2.70 bits per heavy atom. The lowest BCUT2D eigenvalue weighted by Crippen LogP contribution is -2.53. The molecule has 23 heavy (non-hydrogen) atoms. The zero-order valence-electron chi connectivity index (χ0n) is 13.6. The highest BCUT2D eigenvalue weighted by molar-refractivity contribution is 5.74. The van der Waals surface area contributed by atoms with Gasteiger partial charge < -0.3 is 19.7 Å². The second-order valence-electron chi connectivity index (χ2n) is 6.36. The molecule has 0 saturated carbocycles. The summed E-state index contributed by atoms with van der Waals surface area (Å²) in [4.78, 5) is 14.5. The van der Waals surface area contributed by atoms with Crippen LogP contribution in [0.15, 0.2) is 30.3 Å². The summed E-state index contributed by atoms with van der Waals surface area (Å²) in [6, 6.07) is 10.2. The molecule has 0 radical (unpaired) electrons. The lowest BCUT2D eigenvalue weighted by Gasteiger charge is -2.38. The Kier molecular flexibility index (Phi) is 5.88. The van der Waals surface area contributed by atoms with E-state index in [1.807, 2.05) is 35.2 Å². The van der Waals surface area contributed by atoms with Crippen LogP contribution in [-0.4, -0.2) is 49.9 Å². The molecule has 1 aromatic carbocycles. The Morgan fingerprint density at radius 1 is 1.13 bits per heavy atom. The number of carbonyl (C=O) groups is 1. The zero-order chi connectivity index (χ0) is 15.9. The van der Waals surface area contributed by atoms with Gasteiger partial charge in [0.25, 0.3) is 0 Å². The number of amides is 2. The molecule has 5 nitrogen and oxygen atoms in total. The Hall–Kier alpha value is -1.59. The molecule has 0 aliphatic carbocycles. The number of urea groups is 1. The number of nitrogens with zero attached hydrogens (tertiary/aromatic N) is 1. The van der Waals surface area contributed by atoms with Crippen LogP contribution in [0.1, 0.15) is 24.8 Å². The van der Waals surface area contributed by atoms with Gasteiger partial charge in [0.05, 0.1) is 19.3 Å². The molecule has 2 heterocycles. The average molecular weight is 318 g/mol. The number of nitrogens with one attached hydrogen (secondary N) is 1. The fourth-order valence-corrected chi connectivity index (χ4v) is 3.36. The standard InChI is InChI=1S/C18H26N2O3/c21-18(19-13-16-4-2-1-3-5-16)20-8-11-23-14-17(20)12-15-6-9-22-10-7-15/h1-5,15,17H,6-14H2,(H,19,21). The van der Waals surface area contributed by atoms with Crippen molar-refractivity contribution in [2.45, 2.75) is 31.8 Å². The average Bonchev–Trinajstić information content (AvgIpc) is 2.62. The molecule has 0 aromatic heterocycles. The van der Waals surface area contributed by atoms with Gasteiger partial charge in [-0.25, -0.2) is 4.79 Å². The van der Waals surface area contributed by atoms with E-state index in [1.165, 1.54) is 0 Å². The fraction of sp³-hybridized carbons (Fsp3) is 0.611. The zero-order valence-corrected chi connectivity index (χ0v) is 13.6. The second-order valence-corrected chi connectivity index (χ2v) is 6.36. The number of benzene rings is 1. The Labute approximate surface area is 137 Å². The summed E-state index contributed by atoms with van der Waals surface area (Å²) in [5.74, 6) is 0.639. The van der Waals surface area contributed by atoms with Gasteiger partial charge in [-0.1, -0.05) is 30.3 Å². The molecule has 1 N–H and O–H groups in total. The highest BCUT2D eigenvalue weighted by Crippen LogP contribution is 2.24. The van der Waals surface area contributed by atoms with Crippen LogP contribution in [-0.2, 0) is 16.0 Å². The van der Waals surface area contributed by atoms with Crippen LogP contribution in [0.4, 0.5) is 4.79 Å². The molecule has 5 heteroatoms. The van der Waals surface area contributed by atoms with Gasteiger partial charge in [0.1, 0.15) is 0 Å². The maximum absolute atomic E-state index is 12.6. The summed E-state index contributed by atoms with van der Waals surface area (Å²) < 4.78 is 11.0. The first kappa shape index (κ1) is 16.3. The first-order chi connectivity index (χ1) is 11.3. The fourth-order valence-electron chi connectivity index (χ4n) is 3.36. The van der Waals surface area contributed by atoms with E-state index in [-0.39, 0.29) is 12.1 Å². The van der Waals surface area contributed by atoms with Gasteiger partial charge in [-0.2, -0.15) is 0 Å². The van der Waals surface area contributed by atoms with Crippen molar-refractivity contribution in [3.05, 3.63) is 35.9 Å². The van der Waals surface area contributed by atoms with Gasteiger partial charge in [-0.15, -0.1) is 0 Å². The molecule has 126 valence electrons. The molecule has 2 saturated heterocycles. The summed E-state index contributed by atoms with van der Waals surface area (Å²) >= 11 is 0. The smallest absolute Gasteiger partial charge is 0.318 e. The van der Waals surface area contributed by atoms with Crippen molar-refractivity contribution >= 4 is 6.03 Å². The van der Waals surface area contributed by atoms with Crippen LogP contribution in [0.25, 0.3) is 0 Å². The third kappa shape index (κ3) is 4.69. The van der Waals surface area contributed by atoms with Gasteiger partial charge in [0, 0.05) is 26.3 Å². The Balaban J connectivity index is 1.53. The van der Waals surface area contributed by atoms with Gasteiger partial charge in [0.15, 0.2) is 0 Å². The first-order valence-corrected chi connectivity index (χ1v) is 8.57. The molecular weight excluding hydrogens is 292 g/mol. The molecule has 2 aliphatic rings. The van der Waals surface area contributed by atoms with E-state index < -0.39 is 0 Å². The van der Waals surface area contributed by atoms with Crippen molar-refractivity contribution in [3.8, 4) is 0 Å². The first-order valence-electron chi connectivity index (χ1n) is 8.57. The highest BCUT2D eigenvalue weighted by atomic mass is 16.5. The lowest BCUT2D eigenvalue weighted by molar-refractivity contribution is -0.00750. The molecular formula is C18H26N2O3. The summed E-state index contributed by atoms with van der Waals surface area (Å²) in [5.41, 5.74) is 1.12. The molecule has 0 bridgehead atoms.